The van der Waals surface area contributed by atoms with Crippen LogP contribution < -0.4 is 0 Å². The second-order valence-electron chi connectivity index (χ2n) is 2.85. The van der Waals surface area contributed by atoms with Crippen molar-refractivity contribution in [1.29, 1.82) is 0 Å². The predicted octanol–water partition coefficient (Wildman–Crippen LogP) is 1.78. The molecule has 6 heteroatoms. The topological polar surface area (TPSA) is 65.0 Å². The van der Waals surface area contributed by atoms with Crippen molar-refractivity contribution in [2.45, 2.75) is 6.92 Å². The Kier molecular flexibility index (Phi) is 3.21. The molecule has 0 saturated carbocycles. The summed E-state index contributed by atoms with van der Waals surface area (Å²) in [7, 11) is 0. The van der Waals surface area contributed by atoms with Crippen LogP contribution in [-0.2, 0) is 4.74 Å². The third-order valence-corrected chi connectivity index (χ3v) is 2.60. The highest BCUT2D eigenvalue weighted by Crippen LogP contribution is 2.19. The van der Waals surface area contributed by atoms with Crippen molar-refractivity contribution in [1.82, 2.24) is 15.0 Å². The highest BCUT2D eigenvalue weighted by Gasteiger charge is 2.13. The van der Waals surface area contributed by atoms with Gasteiger partial charge in [0, 0.05) is 17.8 Å². The number of nitrogens with zero attached hydrogens (tertiary/aromatic N) is 3. The molecule has 0 aliphatic heterocycles. The van der Waals surface area contributed by atoms with Gasteiger partial charge in [0.25, 0.3) is 0 Å². The summed E-state index contributed by atoms with van der Waals surface area (Å²) < 4.78 is 4.85. The van der Waals surface area contributed by atoms with Crippen molar-refractivity contribution in [3.05, 3.63) is 29.0 Å². The molecule has 2 rings (SSSR count). The van der Waals surface area contributed by atoms with E-state index in [1.54, 1.807) is 30.9 Å². The zero-order valence-electron chi connectivity index (χ0n) is 8.58. The maximum Gasteiger partial charge on any atom is 0.367 e. The summed E-state index contributed by atoms with van der Waals surface area (Å²) in [5.74, 6) is -0.400. The Bertz CT molecular complexity index is 484. The molecule has 0 radical (unpaired) electrons. The molecule has 0 amide bonds. The zero-order valence-corrected chi connectivity index (χ0v) is 9.40. The fraction of sp³-hybridized carbons (Fsp3) is 0.200. The number of hydrogen-bond acceptors (Lipinski definition) is 6. The highest BCUT2D eigenvalue weighted by atomic mass is 32.1. The average molecular weight is 235 g/mol. The van der Waals surface area contributed by atoms with Gasteiger partial charge in [-0.15, -0.1) is 11.3 Å². The molecule has 0 bridgehead atoms. The number of rotatable bonds is 3. The summed E-state index contributed by atoms with van der Waals surface area (Å²) in [4.78, 5) is 23.6. The third kappa shape index (κ3) is 2.22. The molecule has 2 aromatic rings. The van der Waals surface area contributed by atoms with Gasteiger partial charge in [0.2, 0.25) is 5.01 Å². The van der Waals surface area contributed by atoms with Crippen molar-refractivity contribution >= 4 is 17.3 Å². The number of thiazole rings is 1. The van der Waals surface area contributed by atoms with Crippen LogP contribution in [0.4, 0.5) is 0 Å². The molecule has 16 heavy (non-hydrogen) atoms. The van der Waals surface area contributed by atoms with Crippen LogP contribution in [0.15, 0.2) is 24.0 Å². The van der Waals surface area contributed by atoms with Crippen LogP contribution in [0.1, 0.15) is 16.7 Å². The molecule has 82 valence electrons. The van der Waals surface area contributed by atoms with Crippen LogP contribution in [-0.4, -0.2) is 27.5 Å². The van der Waals surface area contributed by atoms with Crippen LogP contribution in [0.25, 0.3) is 11.4 Å². The molecule has 0 fully saturated rings. The van der Waals surface area contributed by atoms with Gasteiger partial charge in [0.15, 0.2) is 0 Å². The number of aromatic nitrogens is 3. The van der Waals surface area contributed by atoms with Crippen molar-refractivity contribution in [2.24, 2.45) is 0 Å². The molecule has 2 heterocycles. The minimum absolute atomic E-state index is 0.336. The molecule has 0 saturated heterocycles. The SMILES string of the molecule is CCOC(=O)c1nc(-c2cnccn2)cs1. The van der Waals surface area contributed by atoms with E-state index in [0.29, 0.717) is 23.0 Å². The summed E-state index contributed by atoms with van der Waals surface area (Å²) >= 11 is 1.24. The van der Waals surface area contributed by atoms with E-state index in [0.717, 1.165) is 0 Å². The monoisotopic (exact) mass is 235 g/mol. The zero-order chi connectivity index (χ0) is 11.4. The molecule has 0 aromatic carbocycles. The van der Waals surface area contributed by atoms with Gasteiger partial charge in [0.1, 0.15) is 11.4 Å². The van der Waals surface area contributed by atoms with E-state index in [2.05, 4.69) is 15.0 Å². The van der Waals surface area contributed by atoms with Crippen LogP contribution in [0, 0.1) is 0 Å². The molecular weight excluding hydrogens is 226 g/mol. The fourth-order valence-corrected chi connectivity index (χ4v) is 1.81. The predicted molar refractivity (Wildman–Crippen MR) is 59.1 cm³/mol. The summed E-state index contributed by atoms with van der Waals surface area (Å²) in [6.07, 6.45) is 4.77. The van der Waals surface area contributed by atoms with E-state index in [1.807, 2.05) is 0 Å². The Hall–Kier alpha value is -1.82. The molecule has 0 N–H and O–H groups in total. The van der Waals surface area contributed by atoms with Crippen molar-refractivity contribution in [3.8, 4) is 11.4 Å². The molecule has 0 spiro atoms. The Labute approximate surface area is 96.2 Å². The molecular formula is C10H9N3O2S. The number of esters is 1. The van der Waals surface area contributed by atoms with E-state index in [-0.39, 0.29) is 0 Å². The molecule has 2 aromatic heterocycles. The lowest BCUT2D eigenvalue weighted by atomic mass is 10.3. The Morgan fingerprint density at radius 2 is 2.31 bits per heavy atom. The first-order valence-corrected chi connectivity index (χ1v) is 5.58. The minimum atomic E-state index is -0.400. The molecule has 0 aliphatic carbocycles. The molecule has 0 unspecified atom stereocenters. The lowest BCUT2D eigenvalue weighted by Crippen LogP contribution is -2.03. The van der Waals surface area contributed by atoms with Gasteiger partial charge >= 0.3 is 5.97 Å². The van der Waals surface area contributed by atoms with Crippen LogP contribution in [0.5, 0.6) is 0 Å². The smallest absolute Gasteiger partial charge is 0.367 e. The quantitative estimate of drug-likeness (QED) is 0.759. The Balaban J connectivity index is 2.23. The van der Waals surface area contributed by atoms with Crippen LogP contribution in [0.3, 0.4) is 0 Å². The van der Waals surface area contributed by atoms with E-state index >= 15 is 0 Å². The summed E-state index contributed by atoms with van der Waals surface area (Å²) in [5.41, 5.74) is 1.29. The number of carbonyl (C=O) groups is 1. The van der Waals surface area contributed by atoms with Gasteiger partial charge in [-0.25, -0.2) is 9.78 Å². The van der Waals surface area contributed by atoms with E-state index in [4.69, 9.17) is 4.74 Å². The lowest BCUT2D eigenvalue weighted by molar-refractivity contribution is 0.0526. The summed E-state index contributed by atoms with van der Waals surface area (Å²) in [6.45, 7) is 2.11. The lowest BCUT2D eigenvalue weighted by Gasteiger charge is -1.96. The van der Waals surface area contributed by atoms with Gasteiger partial charge in [-0.05, 0) is 6.92 Å². The van der Waals surface area contributed by atoms with Gasteiger partial charge in [-0.3, -0.25) is 9.97 Å². The van der Waals surface area contributed by atoms with Crippen molar-refractivity contribution in [3.63, 3.8) is 0 Å². The maximum absolute atomic E-state index is 11.4. The average Bonchev–Trinajstić information content (AvgIpc) is 2.80. The summed E-state index contributed by atoms with van der Waals surface area (Å²) in [5, 5.41) is 2.10. The van der Waals surface area contributed by atoms with E-state index in [1.165, 1.54) is 11.3 Å². The Morgan fingerprint density at radius 3 is 3.00 bits per heavy atom. The normalized spacial score (nSPS) is 10.1. The number of hydrogen-bond donors (Lipinski definition) is 0. The fourth-order valence-electron chi connectivity index (χ4n) is 1.11. The number of ether oxygens (including phenoxy) is 1. The molecule has 0 atom stereocenters. The number of carbonyl (C=O) groups excluding carboxylic acids is 1. The first-order valence-electron chi connectivity index (χ1n) is 4.70. The standard InChI is InChI=1S/C10H9N3O2S/c1-2-15-10(14)9-13-8(6-16-9)7-5-11-3-4-12-7/h3-6H,2H2,1H3. The second kappa shape index (κ2) is 4.80. The van der Waals surface area contributed by atoms with Gasteiger partial charge in [-0.1, -0.05) is 0 Å². The first kappa shape index (κ1) is 10.7. The largest absolute Gasteiger partial charge is 0.461 e. The van der Waals surface area contributed by atoms with E-state index < -0.39 is 5.97 Å². The second-order valence-corrected chi connectivity index (χ2v) is 3.71. The molecule has 5 nitrogen and oxygen atoms in total. The molecule has 0 aliphatic rings. The van der Waals surface area contributed by atoms with Gasteiger partial charge < -0.3 is 4.74 Å². The highest BCUT2D eigenvalue weighted by molar-refractivity contribution is 7.11. The van der Waals surface area contributed by atoms with Crippen LogP contribution >= 0.6 is 11.3 Å². The Morgan fingerprint density at radius 1 is 1.44 bits per heavy atom. The maximum atomic E-state index is 11.4. The minimum Gasteiger partial charge on any atom is -0.461 e. The summed E-state index contributed by atoms with van der Waals surface area (Å²) in [6, 6.07) is 0. The van der Waals surface area contributed by atoms with Crippen LogP contribution in [0.2, 0.25) is 0 Å². The van der Waals surface area contributed by atoms with Gasteiger partial charge in [-0.2, -0.15) is 0 Å². The van der Waals surface area contributed by atoms with Gasteiger partial charge in [0.05, 0.1) is 12.8 Å². The third-order valence-electron chi connectivity index (χ3n) is 1.78. The van der Waals surface area contributed by atoms with Crippen molar-refractivity contribution < 1.29 is 9.53 Å². The van der Waals surface area contributed by atoms with E-state index in [9.17, 15) is 4.79 Å². The van der Waals surface area contributed by atoms with Crippen molar-refractivity contribution in [2.75, 3.05) is 6.61 Å². The first-order chi connectivity index (χ1) is 7.81.